The van der Waals surface area contributed by atoms with Crippen molar-refractivity contribution in [1.29, 1.82) is 0 Å². The first-order valence-corrected chi connectivity index (χ1v) is 12.6. The first-order valence-electron chi connectivity index (χ1n) is 11.4. The Kier molecular flexibility index (Phi) is 7.38. The fourth-order valence-corrected chi connectivity index (χ4v) is 4.67. The Morgan fingerprint density at radius 1 is 1.26 bits per heavy atom. The van der Waals surface area contributed by atoms with Crippen LogP contribution in [0.3, 0.4) is 0 Å². The fourth-order valence-electron chi connectivity index (χ4n) is 4.03. The minimum absolute atomic E-state index is 0.0638. The summed E-state index contributed by atoms with van der Waals surface area (Å²) in [6, 6.07) is 8.87. The number of halogens is 2. The van der Waals surface area contributed by atoms with Crippen LogP contribution in [-0.2, 0) is 6.42 Å². The number of carbonyl (C=O) groups excluding carboxylic acids is 2. The molecule has 2 N–H and O–H groups in total. The second kappa shape index (κ2) is 10.3. The standard InChI is InChI=1S/C25H27BrClN5O2/c1-4-6-17-7-5-10-28-23(17)32-20(13-21(26)31-32)25(34)30-22-14(2)11-18(27)12-19(22)24(33)29-15(3)16-8-9-16/h5,7,10-13,15-16H,4,6,8-9H2,1-3H3,(H,29,33)(H,30,34). The molecule has 0 saturated heterocycles. The van der Waals surface area contributed by atoms with Crippen molar-refractivity contribution < 1.29 is 9.59 Å². The van der Waals surface area contributed by atoms with E-state index >= 15 is 0 Å². The van der Waals surface area contributed by atoms with Gasteiger partial charge >= 0.3 is 0 Å². The summed E-state index contributed by atoms with van der Waals surface area (Å²) in [5, 5.41) is 10.9. The molecule has 0 aliphatic heterocycles. The predicted molar refractivity (Wildman–Crippen MR) is 137 cm³/mol. The summed E-state index contributed by atoms with van der Waals surface area (Å²) in [5.74, 6) is 0.444. The molecule has 1 unspecified atom stereocenters. The lowest BCUT2D eigenvalue weighted by Crippen LogP contribution is -2.34. The van der Waals surface area contributed by atoms with Gasteiger partial charge in [-0.1, -0.05) is 31.0 Å². The summed E-state index contributed by atoms with van der Waals surface area (Å²) in [4.78, 5) is 31.0. The average molecular weight is 545 g/mol. The number of pyridine rings is 1. The normalized spacial score (nSPS) is 14.0. The van der Waals surface area contributed by atoms with Crippen LogP contribution in [0, 0.1) is 12.8 Å². The summed E-state index contributed by atoms with van der Waals surface area (Å²) >= 11 is 9.65. The maximum Gasteiger partial charge on any atom is 0.274 e. The monoisotopic (exact) mass is 543 g/mol. The van der Waals surface area contributed by atoms with Gasteiger partial charge in [-0.25, -0.2) is 9.67 Å². The number of carbonyl (C=O) groups is 2. The molecule has 7 nitrogen and oxygen atoms in total. The van der Waals surface area contributed by atoms with Gasteiger partial charge in [0.1, 0.15) is 10.3 Å². The van der Waals surface area contributed by atoms with Gasteiger partial charge in [0.05, 0.1) is 11.3 Å². The molecule has 0 bridgehead atoms. The minimum atomic E-state index is -0.402. The maximum atomic E-state index is 13.5. The van der Waals surface area contributed by atoms with E-state index in [-0.39, 0.29) is 11.9 Å². The quantitative estimate of drug-likeness (QED) is 0.379. The van der Waals surface area contributed by atoms with Gasteiger partial charge in [0.2, 0.25) is 0 Å². The van der Waals surface area contributed by atoms with E-state index in [1.807, 2.05) is 26.0 Å². The van der Waals surface area contributed by atoms with Crippen LogP contribution < -0.4 is 10.6 Å². The number of rotatable bonds is 8. The molecule has 1 fully saturated rings. The molecule has 2 amide bonds. The van der Waals surface area contributed by atoms with Crippen molar-refractivity contribution >= 4 is 45.0 Å². The zero-order chi connectivity index (χ0) is 24.4. The fraction of sp³-hybridized carbons (Fsp3) is 0.360. The average Bonchev–Trinajstić information content (AvgIpc) is 3.57. The third kappa shape index (κ3) is 5.33. The second-order valence-corrected chi connectivity index (χ2v) is 9.95. The molecule has 1 aliphatic carbocycles. The van der Waals surface area contributed by atoms with Crippen LogP contribution in [0.4, 0.5) is 5.69 Å². The van der Waals surface area contributed by atoms with Crippen LogP contribution in [0.25, 0.3) is 5.82 Å². The van der Waals surface area contributed by atoms with Crippen molar-refractivity contribution in [3.05, 3.63) is 68.5 Å². The van der Waals surface area contributed by atoms with Crippen LogP contribution in [0.15, 0.2) is 41.1 Å². The zero-order valence-corrected chi connectivity index (χ0v) is 21.7. The van der Waals surface area contributed by atoms with Crippen LogP contribution in [0.5, 0.6) is 0 Å². The van der Waals surface area contributed by atoms with Crippen LogP contribution in [0.2, 0.25) is 5.02 Å². The Morgan fingerprint density at radius 2 is 2.03 bits per heavy atom. The van der Waals surface area contributed by atoms with Gasteiger partial charge in [0.25, 0.3) is 11.8 Å². The number of nitrogens with one attached hydrogen (secondary N) is 2. The Hall–Kier alpha value is -2.71. The first-order chi connectivity index (χ1) is 16.3. The van der Waals surface area contributed by atoms with Crippen LogP contribution in [-0.4, -0.2) is 32.6 Å². The Labute approximate surface area is 212 Å². The van der Waals surface area contributed by atoms with Gasteiger partial charge in [-0.15, -0.1) is 0 Å². The number of hydrogen-bond donors (Lipinski definition) is 2. The molecular formula is C25H27BrClN5O2. The molecule has 178 valence electrons. The summed E-state index contributed by atoms with van der Waals surface area (Å²) < 4.78 is 2.04. The van der Waals surface area contributed by atoms with E-state index in [0.717, 1.165) is 31.2 Å². The van der Waals surface area contributed by atoms with Crippen molar-refractivity contribution in [2.45, 2.75) is 52.5 Å². The number of amides is 2. The molecule has 34 heavy (non-hydrogen) atoms. The highest BCUT2D eigenvalue weighted by molar-refractivity contribution is 9.10. The first kappa shape index (κ1) is 24.4. The van der Waals surface area contributed by atoms with Crippen molar-refractivity contribution in [2.75, 3.05) is 5.32 Å². The molecule has 3 aromatic rings. The molecule has 1 atom stereocenters. The van der Waals surface area contributed by atoms with E-state index in [2.05, 4.69) is 43.6 Å². The second-order valence-electron chi connectivity index (χ2n) is 8.70. The smallest absolute Gasteiger partial charge is 0.274 e. The predicted octanol–water partition coefficient (Wildman–Crippen LogP) is 5.72. The third-order valence-electron chi connectivity index (χ3n) is 5.97. The summed E-state index contributed by atoms with van der Waals surface area (Å²) in [6.07, 6.45) is 5.66. The lowest BCUT2D eigenvalue weighted by atomic mass is 10.1. The Bertz CT molecular complexity index is 1240. The highest BCUT2D eigenvalue weighted by Crippen LogP contribution is 2.33. The number of aromatic nitrogens is 3. The molecule has 0 spiro atoms. The van der Waals surface area contributed by atoms with Crippen LogP contribution in [0.1, 0.15) is 65.1 Å². The molecule has 2 heterocycles. The van der Waals surface area contributed by atoms with E-state index in [0.29, 0.717) is 43.9 Å². The molecule has 1 aromatic carbocycles. The van der Waals surface area contributed by atoms with Gasteiger partial charge < -0.3 is 10.6 Å². The van der Waals surface area contributed by atoms with Gasteiger partial charge in [-0.3, -0.25) is 9.59 Å². The SMILES string of the molecule is CCCc1cccnc1-n1nc(Br)cc1C(=O)Nc1c(C)cc(Cl)cc1C(=O)NC(C)C1CC1. The number of anilines is 1. The van der Waals surface area contributed by atoms with E-state index in [1.165, 1.54) is 4.68 Å². The topological polar surface area (TPSA) is 88.9 Å². The molecule has 9 heteroatoms. The number of benzene rings is 1. The Morgan fingerprint density at radius 3 is 2.74 bits per heavy atom. The lowest BCUT2D eigenvalue weighted by Gasteiger charge is -2.18. The zero-order valence-electron chi connectivity index (χ0n) is 19.4. The van der Waals surface area contributed by atoms with E-state index in [9.17, 15) is 9.59 Å². The van der Waals surface area contributed by atoms with E-state index in [1.54, 1.807) is 24.4 Å². The largest absolute Gasteiger partial charge is 0.349 e. The van der Waals surface area contributed by atoms with E-state index < -0.39 is 5.91 Å². The van der Waals surface area contributed by atoms with Gasteiger partial charge in [0.15, 0.2) is 5.82 Å². The number of nitrogens with zero attached hydrogens (tertiary/aromatic N) is 3. The van der Waals surface area contributed by atoms with Gasteiger partial charge in [0, 0.05) is 23.3 Å². The van der Waals surface area contributed by atoms with E-state index in [4.69, 9.17) is 11.6 Å². The summed E-state index contributed by atoms with van der Waals surface area (Å²) in [5.41, 5.74) is 2.75. The summed E-state index contributed by atoms with van der Waals surface area (Å²) in [6.45, 7) is 5.90. The minimum Gasteiger partial charge on any atom is -0.349 e. The third-order valence-corrected chi connectivity index (χ3v) is 6.58. The molecule has 0 radical (unpaired) electrons. The maximum absolute atomic E-state index is 13.5. The molecule has 1 aliphatic rings. The van der Waals surface area contributed by atoms with Crippen LogP contribution >= 0.6 is 27.5 Å². The molecule has 1 saturated carbocycles. The van der Waals surface area contributed by atoms with Crippen molar-refractivity contribution in [3.63, 3.8) is 0 Å². The molecule has 4 rings (SSSR count). The van der Waals surface area contributed by atoms with Gasteiger partial charge in [-0.05, 0) is 84.3 Å². The Balaban J connectivity index is 1.67. The van der Waals surface area contributed by atoms with Gasteiger partial charge in [-0.2, -0.15) is 5.10 Å². The molecule has 2 aromatic heterocycles. The van der Waals surface area contributed by atoms with Crippen molar-refractivity contribution in [3.8, 4) is 5.82 Å². The molecular weight excluding hydrogens is 518 g/mol. The number of aryl methyl sites for hydroxylation is 2. The number of hydrogen-bond acceptors (Lipinski definition) is 4. The highest BCUT2D eigenvalue weighted by Gasteiger charge is 2.30. The summed E-state index contributed by atoms with van der Waals surface area (Å²) in [7, 11) is 0. The highest BCUT2D eigenvalue weighted by atomic mass is 79.9. The lowest BCUT2D eigenvalue weighted by molar-refractivity contribution is 0.0936. The van der Waals surface area contributed by atoms with Crippen molar-refractivity contribution in [1.82, 2.24) is 20.1 Å². The van der Waals surface area contributed by atoms with Crippen molar-refractivity contribution in [2.24, 2.45) is 5.92 Å².